The first-order valence-electron chi connectivity index (χ1n) is 5.63. The van der Waals surface area contributed by atoms with E-state index < -0.39 is 11.8 Å². The van der Waals surface area contributed by atoms with Gasteiger partial charge in [0, 0.05) is 12.3 Å². The third-order valence-corrected chi connectivity index (χ3v) is 3.29. The zero-order valence-electron chi connectivity index (χ0n) is 9.30. The van der Waals surface area contributed by atoms with E-state index in [1.54, 1.807) is 12.1 Å². The van der Waals surface area contributed by atoms with Gasteiger partial charge in [-0.1, -0.05) is 0 Å². The van der Waals surface area contributed by atoms with Gasteiger partial charge in [-0.15, -0.1) is 0 Å². The van der Waals surface area contributed by atoms with Crippen LogP contribution in [0.4, 0.5) is 0 Å². The van der Waals surface area contributed by atoms with Crippen molar-refractivity contribution in [3.8, 4) is 12.1 Å². The first kappa shape index (κ1) is 11.4. The number of hydrogen-bond acceptors (Lipinski definition) is 4. The van der Waals surface area contributed by atoms with Gasteiger partial charge in [0.2, 0.25) is 0 Å². The van der Waals surface area contributed by atoms with Crippen LogP contribution in [0.15, 0.2) is 22.8 Å². The summed E-state index contributed by atoms with van der Waals surface area (Å²) in [4.78, 5) is 11.8. The maximum absolute atomic E-state index is 11.8. The number of ketones is 1. The Morgan fingerprint density at radius 3 is 2.65 bits per heavy atom. The van der Waals surface area contributed by atoms with Crippen LogP contribution in [-0.4, -0.2) is 5.78 Å². The molecule has 0 N–H and O–H groups in total. The molecule has 1 heterocycles. The summed E-state index contributed by atoms with van der Waals surface area (Å²) in [5.74, 6) is -0.783. The number of Topliss-reactive ketones (excluding diaryl/α,β-unsaturated/α-hetero) is 1. The molecule has 4 heteroatoms. The highest BCUT2D eigenvalue weighted by Crippen LogP contribution is 2.39. The van der Waals surface area contributed by atoms with Gasteiger partial charge in [-0.05, 0) is 25.0 Å². The lowest BCUT2D eigenvalue weighted by Gasteiger charge is -2.20. The molecule has 1 fully saturated rings. The topological polar surface area (TPSA) is 77.8 Å². The number of carbonyl (C=O) groups is 1. The van der Waals surface area contributed by atoms with Gasteiger partial charge in [-0.2, -0.15) is 10.5 Å². The third kappa shape index (κ3) is 2.07. The van der Waals surface area contributed by atoms with Crippen LogP contribution in [0, 0.1) is 34.5 Å². The van der Waals surface area contributed by atoms with E-state index in [4.69, 9.17) is 14.9 Å². The van der Waals surface area contributed by atoms with E-state index in [2.05, 4.69) is 0 Å². The van der Waals surface area contributed by atoms with Crippen molar-refractivity contribution in [2.24, 2.45) is 11.8 Å². The van der Waals surface area contributed by atoms with E-state index in [1.165, 1.54) is 6.26 Å². The lowest BCUT2D eigenvalue weighted by molar-refractivity contribution is -0.121. The van der Waals surface area contributed by atoms with Crippen molar-refractivity contribution in [2.45, 2.75) is 25.2 Å². The van der Waals surface area contributed by atoms with Gasteiger partial charge in [0.15, 0.2) is 0 Å². The molecule has 2 rings (SSSR count). The first-order valence-corrected chi connectivity index (χ1v) is 5.63. The molecular weight excluding hydrogens is 216 g/mol. The molecule has 1 aromatic rings. The van der Waals surface area contributed by atoms with Crippen LogP contribution in [-0.2, 0) is 4.79 Å². The number of nitrogens with zero attached hydrogens (tertiary/aromatic N) is 2. The van der Waals surface area contributed by atoms with Crippen LogP contribution in [0.1, 0.15) is 30.9 Å². The average molecular weight is 228 g/mol. The molecule has 0 radical (unpaired) electrons. The van der Waals surface area contributed by atoms with Gasteiger partial charge in [-0.25, -0.2) is 0 Å². The molecule has 1 aromatic heterocycles. The minimum atomic E-state index is -0.826. The minimum absolute atomic E-state index is 0.141. The second-order valence-electron chi connectivity index (χ2n) is 4.24. The maximum Gasteiger partial charge on any atom is 0.143 e. The number of carbonyl (C=O) groups excluding carboxylic acids is 1. The van der Waals surface area contributed by atoms with Crippen LogP contribution in [0.3, 0.4) is 0 Å². The molecule has 2 unspecified atom stereocenters. The molecule has 0 aromatic carbocycles. The fraction of sp³-hybridized carbons (Fsp3) is 0.462. The Hall–Kier alpha value is -2.07. The van der Waals surface area contributed by atoms with Gasteiger partial charge in [0.25, 0.3) is 0 Å². The van der Waals surface area contributed by atoms with Gasteiger partial charge in [0.1, 0.15) is 17.5 Å². The smallest absolute Gasteiger partial charge is 0.143 e. The highest BCUT2D eigenvalue weighted by Gasteiger charge is 2.39. The Labute approximate surface area is 99.5 Å². The fourth-order valence-electron chi connectivity index (χ4n) is 2.49. The van der Waals surface area contributed by atoms with E-state index in [9.17, 15) is 4.79 Å². The number of furan rings is 1. The summed E-state index contributed by atoms with van der Waals surface area (Å²) >= 11 is 0. The number of rotatable bonds is 3. The highest BCUT2D eigenvalue weighted by molar-refractivity contribution is 5.83. The van der Waals surface area contributed by atoms with Crippen molar-refractivity contribution in [2.75, 3.05) is 0 Å². The molecule has 1 aliphatic carbocycles. The first-order chi connectivity index (χ1) is 8.27. The van der Waals surface area contributed by atoms with Gasteiger partial charge < -0.3 is 4.42 Å². The summed E-state index contributed by atoms with van der Waals surface area (Å²) in [5, 5.41) is 18.0. The van der Waals surface area contributed by atoms with Gasteiger partial charge >= 0.3 is 0 Å². The lowest BCUT2D eigenvalue weighted by atomic mass is 9.79. The van der Waals surface area contributed by atoms with Crippen LogP contribution in [0.2, 0.25) is 0 Å². The molecule has 0 spiro atoms. The molecule has 1 aliphatic rings. The van der Waals surface area contributed by atoms with E-state index in [0.29, 0.717) is 12.2 Å². The summed E-state index contributed by atoms with van der Waals surface area (Å²) in [5.41, 5.74) is 0. The predicted molar refractivity (Wildman–Crippen MR) is 58.5 cm³/mol. The van der Waals surface area contributed by atoms with Crippen LogP contribution in [0.5, 0.6) is 0 Å². The Kier molecular flexibility index (Phi) is 3.25. The quantitative estimate of drug-likeness (QED) is 0.795. The number of hydrogen-bond donors (Lipinski definition) is 0. The van der Waals surface area contributed by atoms with Crippen molar-refractivity contribution in [3.05, 3.63) is 24.2 Å². The van der Waals surface area contributed by atoms with E-state index >= 15 is 0 Å². The van der Waals surface area contributed by atoms with Crippen LogP contribution < -0.4 is 0 Å². The monoisotopic (exact) mass is 228 g/mol. The molecule has 0 saturated heterocycles. The Morgan fingerprint density at radius 2 is 2.18 bits per heavy atom. The van der Waals surface area contributed by atoms with E-state index in [1.807, 2.05) is 12.1 Å². The van der Waals surface area contributed by atoms with Crippen LogP contribution in [0.25, 0.3) is 0 Å². The molecule has 0 bridgehead atoms. The lowest BCUT2D eigenvalue weighted by Crippen LogP contribution is -2.22. The zero-order valence-corrected chi connectivity index (χ0v) is 9.30. The summed E-state index contributed by atoms with van der Waals surface area (Å²) in [6.07, 6.45) is 3.63. The molecule has 0 aliphatic heterocycles. The highest BCUT2D eigenvalue weighted by atomic mass is 16.3. The van der Waals surface area contributed by atoms with Crippen LogP contribution >= 0.6 is 0 Å². The second-order valence-corrected chi connectivity index (χ2v) is 4.24. The summed E-state index contributed by atoms with van der Waals surface area (Å²) in [6, 6.07) is 7.38. The van der Waals surface area contributed by atoms with Crippen molar-refractivity contribution in [1.82, 2.24) is 0 Å². The molecule has 0 amide bonds. The standard InChI is InChI=1S/C13H12N2O2/c14-7-9(8-15)13(12-5-2-6-17-12)10-3-1-4-11(10)16/h2,5-6,9-10,13H,1,3-4H2. The van der Waals surface area contributed by atoms with Crippen molar-refractivity contribution in [3.63, 3.8) is 0 Å². The summed E-state index contributed by atoms with van der Waals surface area (Å²) in [7, 11) is 0. The van der Waals surface area contributed by atoms with Crippen molar-refractivity contribution in [1.29, 1.82) is 10.5 Å². The van der Waals surface area contributed by atoms with Crippen molar-refractivity contribution >= 4 is 5.78 Å². The zero-order chi connectivity index (χ0) is 12.3. The molecular formula is C13H12N2O2. The largest absolute Gasteiger partial charge is 0.469 e. The third-order valence-electron chi connectivity index (χ3n) is 3.29. The Morgan fingerprint density at radius 1 is 1.41 bits per heavy atom. The average Bonchev–Trinajstić information content (AvgIpc) is 2.97. The molecule has 4 nitrogen and oxygen atoms in total. The second kappa shape index (κ2) is 4.84. The van der Waals surface area contributed by atoms with Gasteiger partial charge in [-0.3, -0.25) is 4.79 Å². The molecule has 17 heavy (non-hydrogen) atoms. The van der Waals surface area contributed by atoms with E-state index in [-0.39, 0.29) is 11.7 Å². The molecule has 86 valence electrons. The SMILES string of the molecule is N#CC(C#N)C(c1ccco1)C1CCCC1=O. The van der Waals surface area contributed by atoms with Crippen molar-refractivity contribution < 1.29 is 9.21 Å². The Bertz CT molecular complexity index is 465. The molecule has 1 saturated carbocycles. The molecule has 2 atom stereocenters. The maximum atomic E-state index is 11.8. The Balaban J connectivity index is 2.35. The number of nitriles is 2. The predicted octanol–water partition coefficient (Wildman–Crippen LogP) is 2.40. The van der Waals surface area contributed by atoms with E-state index in [0.717, 1.165) is 12.8 Å². The fourth-order valence-corrected chi connectivity index (χ4v) is 2.49. The summed E-state index contributed by atoms with van der Waals surface area (Å²) in [6.45, 7) is 0. The summed E-state index contributed by atoms with van der Waals surface area (Å²) < 4.78 is 5.29. The van der Waals surface area contributed by atoms with Gasteiger partial charge in [0.05, 0.1) is 24.3 Å². The normalized spacial score (nSPS) is 21.1. The minimum Gasteiger partial charge on any atom is -0.469 e.